The second kappa shape index (κ2) is 7.55. The van der Waals surface area contributed by atoms with Gasteiger partial charge in [0.25, 0.3) is 5.91 Å². The molecule has 29 heavy (non-hydrogen) atoms. The summed E-state index contributed by atoms with van der Waals surface area (Å²) in [4.78, 5) is 31.0. The number of amides is 1. The fraction of sp³-hybridized carbons (Fsp3) is 0.0909. The van der Waals surface area contributed by atoms with Gasteiger partial charge in [-0.15, -0.1) is 0 Å². The molecule has 0 atom stereocenters. The predicted molar refractivity (Wildman–Crippen MR) is 112 cm³/mol. The van der Waals surface area contributed by atoms with Crippen LogP contribution in [0.15, 0.2) is 65.7 Å². The molecular weight excluding hydrogens is 366 g/mol. The maximum atomic E-state index is 12.8. The Balaban J connectivity index is 1.61. The highest BCUT2D eigenvalue weighted by molar-refractivity contribution is 6.05. The standard InChI is InChI=1S/C22H19N5O2/c1-13-4-3-5-15(8-13)17-9-18(12-23-11-17)21(28)24-19-10-16(7-6-14(19)2)20-25-22(29)27-26-20/h3-12H,1-2H3,(H,24,28)(H2,25,26,27,29). The molecule has 7 nitrogen and oxygen atoms in total. The van der Waals surface area contributed by atoms with Gasteiger partial charge < -0.3 is 5.32 Å². The van der Waals surface area contributed by atoms with E-state index < -0.39 is 0 Å². The third-order valence-electron chi connectivity index (χ3n) is 4.61. The first-order valence-corrected chi connectivity index (χ1v) is 9.09. The van der Waals surface area contributed by atoms with Gasteiger partial charge in [0.2, 0.25) is 0 Å². The zero-order chi connectivity index (χ0) is 20.4. The van der Waals surface area contributed by atoms with Crippen molar-refractivity contribution >= 4 is 11.6 Å². The van der Waals surface area contributed by atoms with Crippen molar-refractivity contribution in [2.75, 3.05) is 5.32 Å². The number of carbonyl (C=O) groups excluding carboxylic acids is 1. The van der Waals surface area contributed by atoms with Crippen molar-refractivity contribution in [2.24, 2.45) is 0 Å². The van der Waals surface area contributed by atoms with Crippen molar-refractivity contribution in [2.45, 2.75) is 13.8 Å². The van der Waals surface area contributed by atoms with E-state index in [0.717, 1.165) is 22.3 Å². The van der Waals surface area contributed by atoms with Gasteiger partial charge in [0, 0.05) is 29.2 Å². The summed E-state index contributed by atoms with van der Waals surface area (Å²) >= 11 is 0. The Morgan fingerprint density at radius 3 is 2.59 bits per heavy atom. The lowest BCUT2D eigenvalue weighted by Gasteiger charge is -2.11. The van der Waals surface area contributed by atoms with Crippen molar-refractivity contribution in [3.63, 3.8) is 0 Å². The molecule has 1 amide bonds. The molecule has 4 aromatic rings. The van der Waals surface area contributed by atoms with Crippen molar-refractivity contribution in [1.82, 2.24) is 20.2 Å². The van der Waals surface area contributed by atoms with Gasteiger partial charge in [-0.05, 0) is 37.1 Å². The first-order valence-electron chi connectivity index (χ1n) is 9.09. The number of aromatic nitrogens is 4. The van der Waals surface area contributed by atoms with Crippen LogP contribution < -0.4 is 11.0 Å². The van der Waals surface area contributed by atoms with E-state index in [1.165, 1.54) is 0 Å². The highest BCUT2D eigenvalue weighted by Gasteiger charge is 2.12. The maximum absolute atomic E-state index is 12.8. The second-order valence-electron chi connectivity index (χ2n) is 6.84. The molecule has 2 heterocycles. The summed E-state index contributed by atoms with van der Waals surface area (Å²) in [5.41, 5.74) is 5.32. The average Bonchev–Trinajstić information content (AvgIpc) is 3.16. The fourth-order valence-corrected chi connectivity index (χ4v) is 3.05. The van der Waals surface area contributed by atoms with Crippen LogP contribution in [0, 0.1) is 13.8 Å². The summed E-state index contributed by atoms with van der Waals surface area (Å²) in [5, 5.41) is 9.19. The third kappa shape index (κ3) is 3.98. The van der Waals surface area contributed by atoms with Gasteiger partial charge in [-0.1, -0.05) is 42.0 Å². The topological polar surface area (TPSA) is 104 Å². The van der Waals surface area contributed by atoms with E-state index in [0.29, 0.717) is 22.6 Å². The lowest BCUT2D eigenvalue weighted by atomic mass is 10.0. The molecule has 2 aromatic heterocycles. The van der Waals surface area contributed by atoms with E-state index in [1.54, 1.807) is 18.5 Å². The number of rotatable bonds is 4. The highest BCUT2D eigenvalue weighted by atomic mass is 16.2. The second-order valence-corrected chi connectivity index (χ2v) is 6.84. The van der Waals surface area contributed by atoms with Gasteiger partial charge in [0.15, 0.2) is 5.82 Å². The van der Waals surface area contributed by atoms with Crippen LogP contribution in [0.3, 0.4) is 0 Å². The van der Waals surface area contributed by atoms with Gasteiger partial charge in [0.05, 0.1) is 5.56 Å². The number of nitrogens with zero attached hydrogens (tertiary/aromatic N) is 2. The Bertz CT molecular complexity index is 1260. The lowest BCUT2D eigenvalue weighted by molar-refractivity contribution is 0.102. The summed E-state index contributed by atoms with van der Waals surface area (Å²) in [6, 6.07) is 15.3. The minimum Gasteiger partial charge on any atom is -0.322 e. The minimum atomic E-state index is -0.384. The Kier molecular flexibility index (Phi) is 4.78. The van der Waals surface area contributed by atoms with Crippen molar-refractivity contribution in [3.8, 4) is 22.5 Å². The van der Waals surface area contributed by atoms with E-state index in [9.17, 15) is 9.59 Å². The molecule has 0 saturated heterocycles. The summed E-state index contributed by atoms with van der Waals surface area (Å²) in [6.07, 6.45) is 3.28. The Morgan fingerprint density at radius 1 is 0.966 bits per heavy atom. The van der Waals surface area contributed by atoms with Gasteiger partial charge in [-0.2, -0.15) is 5.10 Å². The number of pyridine rings is 1. The molecule has 4 rings (SSSR count). The van der Waals surface area contributed by atoms with Crippen molar-refractivity contribution < 1.29 is 4.79 Å². The smallest absolute Gasteiger partial charge is 0.322 e. The van der Waals surface area contributed by atoms with Crippen LogP contribution in [0.1, 0.15) is 21.5 Å². The minimum absolute atomic E-state index is 0.261. The Morgan fingerprint density at radius 2 is 1.83 bits per heavy atom. The number of nitrogens with one attached hydrogen (secondary N) is 3. The zero-order valence-electron chi connectivity index (χ0n) is 16.0. The van der Waals surface area contributed by atoms with Crippen molar-refractivity contribution in [3.05, 3.63) is 88.1 Å². The molecule has 0 aliphatic rings. The normalized spacial score (nSPS) is 10.7. The third-order valence-corrected chi connectivity index (χ3v) is 4.61. The quantitative estimate of drug-likeness (QED) is 0.498. The first kappa shape index (κ1) is 18.4. The SMILES string of the molecule is Cc1cccc(-c2cncc(C(=O)Nc3cc(-c4n[nH]c(=O)[nH]4)ccc3C)c2)c1. The first-order chi connectivity index (χ1) is 14.0. The van der Waals surface area contributed by atoms with Crippen LogP contribution in [0.25, 0.3) is 22.5 Å². The van der Waals surface area contributed by atoms with E-state index in [2.05, 4.69) is 31.5 Å². The van der Waals surface area contributed by atoms with Crippen LogP contribution in [0.2, 0.25) is 0 Å². The average molecular weight is 385 g/mol. The molecule has 0 unspecified atom stereocenters. The van der Waals surface area contributed by atoms with Crippen LogP contribution in [-0.2, 0) is 0 Å². The van der Waals surface area contributed by atoms with Crippen LogP contribution in [-0.4, -0.2) is 26.1 Å². The summed E-state index contributed by atoms with van der Waals surface area (Å²) < 4.78 is 0. The highest BCUT2D eigenvalue weighted by Crippen LogP contribution is 2.24. The van der Waals surface area contributed by atoms with E-state index in [4.69, 9.17) is 0 Å². The van der Waals surface area contributed by atoms with Crippen LogP contribution in [0.4, 0.5) is 5.69 Å². The molecule has 0 fully saturated rings. The number of aromatic amines is 2. The number of aryl methyl sites for hydroxylation is 2. The molecule has 3 N–H and O–H groups in total. The number of anilines is 1. The molecule has 0 spiro atoms. The molecule has 0 aliphatic carbocycles. The van der Waals surface area contributed by atoms with Gasteiger partial charge >= 0.3 is 5.69 Å². The molecule has 0 saturated carbocycles. The van der Waals surface area contributed by atoms with Gasteiger partial charge in [0.1, 0.15) is 0 Å². The predicted octanol–water partition coefficient (Wildman–Crippen LogP) is 3.70. The molecule has 2 aromatic carbocycles. The number of carbonyl (C=O) groups is 1. The van der Waals surface area contributed by atoms with Crippen LogP contribution >= 0.6 is 0 Å². The maximum Gasteiger partial charge on any atom is 0.340 e. The Labute approximate surface area is 166 Å². The summed E-state index contributed by atoms with van der Waals surface area (Å²) in [6.45, 7) is 3.92. The lowest BCUT2D eigenvalue weighted by Crippen LogP contribution is -2.13. The number of hydrogen-bond acceptors (Lipinski definition) is 4. The molecule has 0 aliphatic heterocycles. The molecule has 144 valence electrons. The van der Waals surface area contributed by atoms with E-state index in [-0.39, 0.29) is 11.6 Å². The number of H-pyrrole nitrogens is 2. The molecule has 0 radical (unpaired) electrons. The number of benzene rings is 2. The fourth-order valence-electron chi connectivity index (χ4n) is 3.05. The number of hydrogen-bond donors (Lipinski definition) is 3. The largest absolute Gasteiger partial charge is 0.340 e. The summed E-state index contributed by atoms with van der Waals surface area (Å²) in [5.74, 6) is 0.149. The van der Waals surface area contributed by atoms with E-state index >= 15 is 0 Å². The summed E-state index contributed by atoms with van der Waals surface area (Å²) in [7, 11) is 0. The van der Waals surface area contributed by atoms with Crippen molar-refractivity contribution in [1.29, 1.82) is 0 Å². The zero-order valence-corrected chi connectivity index (χ0v) is 16.0. The molecule has 0 bridgehead atoms. The Hall–Kier alpha value is -4.00. The molecular formula is C22H19N5O2. The van der Waals surface area contributed by atoms with Gasteiger partial charge in [-0.25, -0.2) is 9.89 Å². The van der Waals surface area contributed by atoms with Crippen LogP contribution in [0.5, 0.6) is 0 Å². The van der Waals surface area contributed by atoms with Gasteiger partial charge in [-0.3, -0.25) is 14.8 Å². The molecule has 7 heteroatoms. The van der Waals surface area contributed by atoms with E-state index in [1.807, 2.05) is 50.2 Å². The monoisotopic (exact) mass is 385 g/mol.